The molecule has 4 rings (SSSR count). The van der Waals surface area contributed by atoms with Gasteiger partial charge in [0, 0.05) is 24.1 Å². The first-order chi connectivity index (χ1) is 14.1. The molecule has 2 heterocycles. The van der Waals surface area contributed by atoms with Gasteiger partial charge in [0.25, 0.3) is 0 Å². The van der Waals surface area contributed by atoms with Crippen molar-refractivity contribution in [1.29, 1.82) is 0 Å². The second kappa shape index (κ2) is 9.05. The minimum atomic E-state index is -0.225. The molecule has 0 spiro atoms. The zero-order valence-electron chi connectivity index (χ0n) is 16.4. The largest absolute Gasteiger partial charge is 0.486 e. The van der Waals surface area contributed by atoms with Crippen LogP contribution in [0.1, 0.15) is 18.4 Å². The number of nitrogens with one attached hydrogen (secondary N) is 1. The van der Waals surface area contributed by atoms with Crippen molar-refractivity contribution < 1.29 is 18.7 Å². The van der Waals surface area contributed by atoms with Crippen molar-refractivity contribution in [2.45, 2.75) is 24.3 Å². The van der Waals surface area contributed by atoms with Crippen LogP contribution in [-0.2, 0) is 11.3 Å². The number of halogens is 1. The van der Waals surface area contributed by atoms with Gasteiger partial charge in [-0.05, 0) is 49.4 Å². The smallest absolute Gasteiger partial charge is 0.228 e. The maximum Gasteiger partial charge on any atom is 0.228 e. The lowest BCUT2D eigenvalue weighted by atomic mass is 9.96. The number of thioether (sulfide) groups is 1. The number of carbonyl (C=O) groups is 1. The van der Waals surface area contributed by atoms with E-state index >= 15 is 0 Å². The van der Waals surface area contributed by atoms with Crippen molar-refractivity contribution in [2.75, 3.05) is 37.9 Å². The molecule has 2 aliphatic heterocycles. The first kappa shape index (κ1) is 20.0. The number of anilines is 1. The van der Waals surface area contributed by atoms with E-state index in [1.807, 2.05) is 24.5 Å². The summed E-state index contributed by atoms with van der Waals surface area (Å²) in [5.41, 5.74) is 1.69. The van der Waals surface area contributed by atoms with Gasteiger partial charge in [0.2, 0.25) is 5.91 Å². The first-order valence-electron chi connectivity index (χ1n) is 9.87. The summed E-state index contributed by atoms with van der Waals surface area (Å²) in [4.78, 5) is 16.2. The number of benzene rings is 2. The van der Waals surface area contributed by atoms with Crippen LogP contribution in [0.4, 0.5) is 10.1 Å². The second-order valence-corrected chi connectivity index (χ2v) is 8.24. The van der Waals surface area contributed by atoms with E-state index < -0.39 is 0 Å². The third-order valence-electron chi connectivity index (χ3n) is 5.29. The number of likely N-dealkylation sites (tertiary alicyclic amines) is 1. The van der Waals surface area contributed by atoms with Crippen molar-refractivity contribution in [2.24, 2.45) is 5.92 Å². The monoisotopic (exact) mass is 416 g/mol. The van der Waals surface area contributed by atoms with Gasteiger partial charge in [-0.1, -0.05) is 12.1 Å². The lowest BCUT2D eigenvalue weighted by Crippen LogP contribution is -2.40. The van der Waals surface area contributed by atoms with Gasteiger partial charge in [0.15, 0.2) is 11.5 Å². The summed E-state index contributed by atoms with van der Waals surface area (Å²) in [6.07, 6.45) is 3.77. The maximum atomic E-state index is 13.5. The summed E-state index contributed by atoms with van der Waals surface area (Å²) in [6, 6.07) is 10.4. The Morgan fingerprint density at radius 1 is 1.24 bits per heavy atom. The van der Waals surface area contributed by atoms with Crippen molar-refractivity contribution in [1.82, 2.24) is 4.90 Å². The number of nitrogens with zero attached hydrogens (tertiary/aromatic N) is 1. The zero-order chi connectivity index (χ0) is 20.2. The van der Waals surface area contributed by atoms with Crippen LogP contribution in [0.2, 0.25) is 0 Å². The lowest BCUT2D eigenvalue weighted by Gasteiger charge is -2.32. The Balaban J connectivity index is 1.43. The molecule has 2 aliphatic rings. The van der Waals surface area contributed by atoms with Crippen molar-refractivity contribution in [3.8, 4) is 11.5 Å². The molecule has 1 saturated heterocycles. The zero-order valence-corrected chi connectivity index (χ0v) is 17.3. The minimum absolute atomic E-state index is 0.0147. The molecule has 5 nitrogen and oxygen atoms in total. The summed E-state index contributed by atoms with van der Waals surface area (Å²) in [5.74, 6) is 1.08. The van der Waals surface area contributed by atoms with Gasteiger partial charge in [0.05, 0.1) is 11.6 Å². The Morgan fingerprint density at radius 3 is 2.79 bits per heavy atom. The second-order valence-electron chi connectivity index (χ2n) is 7.39. The Labute approximate surface area is 174 Å². The average molecular weight is 417 g/mol. The van der Waals surface area contributed by atoms with Crippen LogP contribution >= 0.6 is 11.8 Å². The normalized spacial score (nSPS) is 19.0. The standard InChI is InChI=1S/C22H25FN2O3S/c1-29-21-12-20-19(27-8-9-28-20)11-18(21)24-22(26)16-5-3-7-25(14-16)13-15-4-2-6-17(23)10-15/h2,4,6,10-12,16H,3,5,7-9,13-14H2,1H3,(H,24,26). The van der Waals surface area contributed by atoms with Crippen LogP contribution < -0.4 is 14.8 Å². The molecule has 29 heavy (non-hydrogen) atoms. The van der Waals surface area contributed by atoms with E-state index in [0.29, 0.717) is 32.1 Å². The van der Waals surface area contributed by atoms with E-state index in [1.54, 1.807) is 23.9 Å². The van der Waals surface area contributed by atoms with Gasteiger partial charge < -0.3 is 14.8 Å². The fourth-order valence-corrected chi connectivity index (χ4v) is 4.43. The third-order valence-corrected chi connectivity index (χ3v) is 6.07. The van der Waals surface area contributed by atoms with Crippen LogP contribution in [0.15, 0.2) is 41.3 Å². The van der Waals surface area contributed by atoms with E-state index in [4.69, 9.17) is 9.47 Å². The highest BCUT2D eigenvalue weighted by Gasteiger charge is 2.27. The highest BCUT2D eigenvalue weighted by Crippen LogP contribution is 2.39. The number of ether oxygens (including phenoxy) is 2. The van der Waals surface area contributed by atoms with Gasteiger partial charge in [-0.2, -0.15) is 0 Å². The van der Waals surface area contributed by atoms with E-state index in [1.165, 1.54) is 6.07 Å². The van der Waals surface area contributed by atoms with E-state index in [-0.39, 0.29) is 17.6 Å². The van der Waals surface area contributed by atoms with E-state index in [2.05, 4.69) is 10.2 Å². The van der Waals surface area contributed by atoms with E-state index in [0.717, 1.165) is 41.3 Å². The molecule has 0 saturated carbocycles. The highest BCUT2D eigenvalue weighted by atomic mass is 32.2. The SMILES string of the molecule is CSc1cc2c(cc1NC(=O)C1CCCN(Cc3cccc(F)c3)C1)OCCO2. The fraction of sp³-hybridized carbons (Fsp3) is 0.409. The van der Waals surface area contributed by atoms with E-state index in [9.17, 15) is 9.18 Å². The molecule has 2 aromatic rings. The van der Waals surface area contributed by atoms with Crippen LogP contribution in [0.25, 0.3) is 0 Å². The van der Waals surface area contributed by atoms with Crippen LogP contribution in [0, 0.1) is 11.7 Å². The summed E-state index contributed by atoms with van der Waals surface area (Å²) in [6.45, 7) is 3.29. The fourth-order valence-electron chi connectivity index (χ4n) is 3.88. The summed E-state index contributed by atoms with van der Waals surface area (Å²) in [5, 5.41) is 3.09. The molecule has 0 aliphatic carbocycles. The molecule has 2 aromatic carbocycles. The maximum absolute atomic E-state index is 13.5. The molecular formula is C22H25FN2O3S. The van der Waals surface area contributed by atoms with Gasteiger partial charge in [-0.15, -0.1) is 11.8 Å². The summed E-state index contributed by atoms with van der Waals surface area (Å²) < 4.78 is 24.8. The molecule has 1 unspecified atom stereocenters. The van der Waals surface area contributed by atoms with Crippen molar-refractivity contribution >= 4 is 23.4 Å². The topological polar surface area (TPSA) is 50.8 Å². The Kier molecular flexibility index (Phi) is 6.25. The molecule has 0 bridgehead atoms. The number of rotatable bonds is 5. The summed E-state index contributed by atoms with van der Waals surface area (Å²) in [7, 11) is 0. The highest BCUT2D eigenvalue weighted by molar-refractivity contribution is 7.98. The molecule has 154 valence electrons. The van der Waals surface area contributed by atoms with Crippen LogP contribution in [0.5, 0.6) is 11.5 Å². The molecule has 0 radical (unpaired) electrons. The predicted molar refractivity (Wildman–Crippen MR) is 112 cm³/mol. The molecule has 0 aromatic heterocycles. The number of fused-ring (bicyclic) bond motifs is 1. The Bertz CT molecular complexity index is 892. The average Bonchev–Trinajstić information content (AvgIpc) is 2.73. The number of amides is 1. The van der Waals surface area contributed by atoms with Gasteiger partial charge in [0.1, 0.15) is 19.0 Å². The molecule has 1 atom stereocenters. The summed E-state index contributed by atoms with van der Waals surface area (Å²) >= 11 is 1.56. The van der Waals surface area contributed by atoms with Gasteiger partial charge >= 0.3 is 0 Å². The number of carbonyl (C=O) groups excluding carboxylic acids is 1. The molecule has 1 fully saturated rings. The van der Waals surface area contributed by atoms with Gasteiger partial charge in [-0.3, -0.25) is 9.69 Å². The van der Waals surface area contributed by atoms with Crippen LogP contribution in [0.3, 0.4) is 0 Å². The Morgan fingerprint density at radius 2 is 2.03 bits per heavy atom. The minimum Gasteiger partial charge on any atom is -0.486 e. The third kappa shape index (κ3) is 4.85. The molecule has 1 N–H and O–H groups in total. The molecule has 1 amide bonds. The van der Waals surface area contributed by atoms with Crippen molar-refractivity contribution in [3.63, 3.8) is 0 Å². The van der Waals surface area contributed by atoms with Gasteiger partial charge in [-0.25, -0.2) is 4.39 Å². The Hall–Kier alpha value is -2.25. The predicted octanol–water partition coefficient (Wildman–Crippen LogP) is 4.17. The number of hydrogen-bond donors (Lipinski definition) is 1. The van der Waals surface area contributed by atoms with Crippen LogP contribution in [-0.4, -0.2) is 43.4 Å². The number of hydrogen-bond acceptors (Lipinski definition) is 5. The molecular weight excluding hydrogens is 391 g/mol. The lowest BCUT2D eigenvalue weighted by molar-refractivity contribution is -0.121. The van der Waals surface area contributed by atoms with Crippen molar-refractivity contribution in [3.05, 3.63) is 47.8 Å². The quantitative estimate of drug-likeness (QED) is 0.742. The molecule has 7 heteroatoms. The number of piperidine rings is 1. The first-order valence-corrected chi connectivity index (χ1v) is 11.1.